The van der Waals surface area contributed by atoms with Gasteiger partial charge in [0.1, 0.15) is 5.70 Å². The first-order valence-corrected chi connectivity index (χ1v) is 10.6. The fourth-order valence-electron chi connectivity index (χ4n) is 1.68. The molecule has 142 valence electrons. The molecule has 1 rings (SSSR count). The van der Waals surface area contributed by atoms with Crippen molar-refractivity contribution in [2.24, 2.45) is 5.73 Å². The molecule has 1 atom stereocenters. The van der Waals surface area contributed by atoms with Crippen LogP contribution in [-0.2, 0) is 4.79 Å². The molecule has 1 aliphatic heterocycles. The molecule has 1 amide bonds. The first-order chi connectivity index (χ1) is 10.8. The molecule has 1 aliphatic rings. The van der Waals surface area contributed by atoms with Gasteiger partial charge in [-0.25, -0.2) is 15.5 Å². The van der Waals surface area contributed by atoms with Crippen LogP contribution < -0.4 is 11.2 Å². The lowest BCUT2D eigenvalue weighted by Gasteiger charge is -2.40. The lowest BCUT2D eigenvalue weighted by Crippen LogP contribution is -2.46. The number of amides is 1. The maximum Gasteiger partial charge on any atom is 0.294 e. The molecule has 0 saturated carbocycles. The molecule has 8 nitrogen and oxygen atoms in total. The monoisotopic (exact) mass is 364 g/mol. The zero-order valence-corrected chi connectivity index (χ0v) is 16.6. The highest BCUT2D eigenvalue weighted by atomic mass is 32.3. The van der Waals surface area contributed by atoms with E-state index in [0.717, 1.165) is 0 Å². The van der Waals surface area contributed by atoms with E-state index in [4.69, 9.17) is 10.8 Å². The van der Waals surface area contributed by atoms with Gasteiger partial charge >= 0.3 is 0 Å². The fourth-order valence-corrected chi connectivity index (χ4v) is 1.68. The van der Waals surface area contributed by atoms with E-state index in [1.54, 1.807) is 6.92 Å². The number of nitrogens with one attached hydrogen (secondary N) is 1. The van der Waals surface area contributed by atoms with Gasteiger partial charge in [-0.2, -0.15) is 0 Å². The second-order valence-electron chi connectivity index (χ2n) is 7.23. The predicted octanol–water partition coefficient (Wildman–Crippen LogP) is 1.03. The summed E-state index contributed by atoms with van der Waals surface area (Å²) in [6.45, 7) is 8.65. The Labute approximate surface area is 145 Å². The third-order valence-corrected chi connectivity index (χ3v) is 7.83. The maximum absolute atomic E-state index is 11.1. The molecule has 0 aromatic rings. The lowest BCUT2D eigenvalue weighted by molar-refractivity contribution is -0.428. The number of carbonyl (C=O) groups excluding carboxylic acids is 1. The molecule has 4 N–H and O–H groups in total. The van der Waals surface area contributed by atoms with E-state index >= 15 is 0 Å². The van der Waals surface area contributed by atoms with Crippen molar-refractivity contribution in [2.45, 2.75) is 44.9 Å². The number of aliphatic hydroxyl groups is 1. The van der Waals surface area contributed by atoms with Crippen LogP contribution in [0.1, 0.15) is 34.1 Å². The number of allylic oxidation sites excluding steroid dienone is 1. The summed E-state index contributed by atoms with van der Waals surface area (Å²) in [5, 5.41) is 21.0. The number of nitro groups is 1. The molecule has 0 aliphatic carbocycles. The van der Waals surface area contributed by atoms with Crippen molar-refractivity contribution in [3.05, 3.63) is 21.5 Å². The van der Waals surface area contributed by atoms with Gasteiger partial charge in [0.2, 0.25) is 5.91 Å². The minimum atomic E-state index is -1.13. The first-order valence-electron chi connectivity index (χ1n) is 7.77. The number of hydrogen-bond acceptors (Lipinski definition) is 6. The number of nitrogens with two attached hydrogens (primary N) is 1. The van der Waals surface area contributed by atoms with Crippen molar-refractivity contribution in [3.8, 4) is 0 Å². The fraction of sp³-hybridized carbons (Fsp3) is 0.800. The van der Waals surface area contributed by atoms with Gasteiger partial charge in [0.25, 0.3) is 5.70 Å². The van der Waals surface area contributed by atoms with Crippen molar-refractivity contribution in [1.82, 2.24) is 10.4 Å². The summed E-state index contributed by atoms with van der Waals surface area (Å²) in [7, 11) is -0.340. The molecule has 1 heterocycles. The Morgan fingerprint density at radius 3 is 2.12 bits per heavy atom. The summed E-state index contributed by atoms with van der Waals surface area (Å²) in [6, 6.07) is -1.13. The average Bonchev–Trinajstić information content (AvgIpc) is 2.76. The van der Waals surface area contributed by atoms with Gasteiger partial charge in [-0.15, -0.1) is 0 Å². The van der Waals surface area contributed by atoms with Crippen LogP contribution in [-0.4, -0.2) is 63.7 Å². The number of nitrogens with zero attached hydrogens (tertiary/aromatic N) is 2. The molecular formula is C15H32N4O4S. The van der Waals surface area contributed by atoms with Crippen LogP contribution in [0.15, 0.2) is 11.4 Å². The Balaban J connectivity index is 0.000000561. The van der Waals surface area contributed by atoms with E-state index in [1.165, 1.54) is 5.01 Å². The molecule has 24 heavy (non-hydrogen) atoms. The minimum absolute atomic E-state index is 0.171. The van der Waals surface area contributed by atoms with Crippen LogP contribution in [0.4, 0.5) is 0 Å². The van der Waals surface area contributed by atoms with E-state index in [-0.39, 0.29) is 28.9 Å². The summed E-state index contributed by atoms with van der Waals surface area (Å²) < 4.78 is 0.521. The van der Waals surface area contributed by atoms with Crippen LogP contribution in [0.25, 0.3) is 0 Å². The van der Waals surface area contributed by atoms with E-state index in [1.807, 2.05) is 0 Å². The second-order valence-corrected chi connectivity index (χ2v) is 12.1. The summed E-state index contributed by atoms with van der Waals surface area (Å²) >= 11 is 0. The molecule has 0 saturated heterocycles. The second kappa shape index (κ2) is 8.68. The Morgan fingerprint density at radius 1 is 1.42 bits per heavy atom. The van der Waals surface area contributed by atoms with Gasteiger partial charge in [0, 0.05) is 0 Å². The van der Waals surface area contributed by atoms with Crippen molar-refractivity contribution in [2.75, 3.05) is 31.9 Å². The van der Waals surface area contributed by atoms with Gasteiger partial charge in [0.15, 0.2) is 6.04 Å². The van der Waals surface area contributed by atoms with Crippen LogP contribution >= 0.6 is 10.0 Å². The van der Waals surface area contributed by atoms with Crippen LogP contribution in [0.5, 0.6) is 0 Å². The zero-order chi connectivity index (χ0) is 19.3. The van der Waals surface area contributed by atoms with Gasteiger partial charge in [-0.05, 0) is 29.9 Å². The smallest absolute Gasteiger partial charge is 0.294 e. The van der Waals surface area contributed by atoms with Crippen LogP contribution in [0.3, 0.4) is 0 Å². The molecular weight excluding hydrogens is 332 g/mol. The predicted molar refractivity (Wildman–Crippen MR) is 99.3 cm³/mol. The van der Waals surface area contributed by atoms with Gasteiger partial charge < -0.3 is 15.8 Å². The van der Waals surface area contributed by atoms with Crippen molar-refractivity contribution < 1.29 is 14.8 Å². The number of primary amides is 1. The van der Waals surface area contributed by atoms with E-state index < -0.39 is 16.9 Å². The summed E-state index contributed by atoms with van der Waals surface area (Å²) in [5.41, 5.74) is 7.82. The number of aliphatic hydroxyl groups excluding tert-OH is 1. The lowest BCUT2D eigenvalue weighted by atomic mass is 10.2. The number of hydrogen-bond donors (Lipinski definition) is 3. The highest BCUT2D eigenvalue weighted by Gasteiger charge is 2.42. The summed E-state index contributed by atoms with van der Waals surface area (Å²) in [4.78, 5) is 21.3. The average molecular weight is 365 g/mol. The van der Waals surface area contributed by atoms with Crippen molar-refractivity contribution in [1.29, 1.82) is 0 Å². The first kappa shape index (κ1) is 22.7. The molecule has 0 radical (unpaired) electrons. The molecule has 1 unspecified atom stereocenters. The third-order valence-electron chi connectivity index (χ3n) is 4.16. The summed E-state index contributed by atoms with van der Waals surface area (Å²) in [6.07, 6.45) is 7.44. The van der Waals surface area contributed by atoms with Crippen LogP contribution in [0.2, 0.25) is 0 Å². The minimum Gasteiger partial charge on any atom is -0.394 e. The Kier molecular flexibility index (Phi) is 8.20. The molecule has 0 aromatic carbocycles. The molecule has 0 aromatic heterocycles. The largest absolute Gasteiger partial charge is 0.394 e. The summed E-state index contributed by atoms with van der Waals surface area (Å²) in [5.74, 6) is -0.807. The topological polar surface area (TPSA) is 122 Å². The number of rotatable bonds is 5. The maximum atomic E-state index is 11.1. The Morgan fingerprint density at radius 2 is 1.88 bits per heavy atom. The quantitative estimate of drug-likeness (QED) is 0.495. The van der Waals surface area contributed by atoms with Crippen LogP contribution in [0, 0.1) is 10.1 Å². The highest BCUT2D eigenvalue weighted by molar-refractivity contribution is 8.33. The standard InChI is InChI=1S/C8H14N4O4.C7H18S/c1-2-5-7(12(15)16)6(8(9)14)10-11(5)3-4-13;1-7(2,3)8(4,5)6/h6,10,13H,2-4H2,1H3,(H2,9,14);1-6H3. The third kappa shape index (κ3) is 5.95. The van der Waals surface area contributed by atoms with Gasteiger partial charge in [-0.3, -0.25) is 14.9 Å². The van der Waals surface area contributed by atoms with Gasteiger partial charge in [-0.1, -0.05) is 27.7 Å². The van der Waals surface area contributed by atoms with Crippen molar-refractivity contribution in [3.63, 3.8) is 0 Å². The van der Waals surface area contributed by atoms with Crippen molar-refractivity contribution >= 4 is 15.9 Å². The number of β-amino-alcohol motifs (C(OH)–C–C–N with tert-alkyl or cyclic N) is 1. The molecule has 0 bridgehead atoms. The number of hydrazine groups is 1. The Bertz CT molecular complexity index is 483. The normalized spacial score (nSPS) is 19.0. The molecule has 9 heteroatoms. The SMILES string of the molecule is CC(C)(C)S(C)(C)C.CCC1=C([N+](=O)[O-])C(C(N)=O)NN1CCO. The van der Waals surface area contributed by atoms with E-state index in [2.05, 4.69) is 45.0 Å². The van der Waals surface area contributed by atoms with Gasteiger partial charge in [0.05, 0.1) is 18.1 Å². The Hall–Kier alpha value is -1.32. The number of carbonyl (C=O) groups is 1. The van der Waals surface area contributed by atoms with E-state index in [0.29, 0.717) is 16.9 Å². The molecule has 0 spiro atoms. The highest BCUT2D eigenvalue weighted by Crippen LogP contribution is 2.48. The molecule has 0 fully saturated rings. The zero-order valence-electron chi connectivity index (χ0n) is 15.8. The van der Waals surface area contributed by atoms with E-state index in [9.17, 15) is 14.9 Å².